The molecule has 0 radical (unpaired) electrons. The molecule has 2 aromatic rings. The van der Waals surface area contributed by atoms with E-state index in [1.165, 1.54) is 5.56 Å². The highest BCUT2D eigenvalue weighted by Gasteiger charge is 2.15. The Kier molecular flexibility index (Phi) is 6.04. The predicted molar refractivity (Wildman–Crippen MR) is 99.4 cm³/mol. The summed E-state index contributed by atoms with van der Waals surface area (Å²) in [5.41, 5.74) is 1.35. The molecule has 1 N–H and O–H groups in total. The summed E-state index contributed by atoms with van der Waals surface area (Å²) < 4.78 is 8.34. The van der Waals surface area contributed by atoms with Crippen LogP contribution >= 0.6 is 15.9 Å². The molecule has 1 aromatic heterocycles. The molecule has 0 atom stereocenters. The van der Waals surface area contributed by atoms with Crippen molar-refractivity contribution in [1.82, 2.24) is 9.78 Å². The fourth-order valence-corrected chi connectivity index (χ4v) is 2.69. The van der Waals surface area contributed by atoms with Gasteiger partial charge in [-0.1, -0.05) is 26.8 Å². The smallest absolute Gasteiger partial charge is 0.225 e. The van der Waals surface area contributed by atoms with Gasteiger partial charge in [-0.05, 0) is 45.5 Å². The largest absolute Gasteiger partial charge is 0.492 e. The summed E-state index contributed by atoms with van der Waals surface area (Å²) in [5, 5.41) is 6.83. The summed E-state index contributed by atoms with van der Waals surface area (Å²) in [6, 6.07) is 7.91. The van der Waals surface area contributed by atoms with Crippen molar-refractivity contribution in [3.05, 3.63) is 40.5 Å². The van der Waals surface area contributed by atoms with E-state index in [0.717, 1.165) is 10.2 Å². The minimum Gasteiger partial charge on any atom is -0.492 e. The van der Waals surface area contributed by atoms with E-state index in [1.54, 1.807) is 24.0 Å². The van der Waals surface area contributed by atoms with Gasteiger partial charge in [-0.15, -0.1) is 0 Å². The molecule has 0 aliphatic heterocycles. The number of carbonyl (C=O) groups is 1. The molecule has 1 aromatic carbocycles. The summed E-state index contributed by atoms with van der Waals surface area (Å²) in [4.78, 5) is 11.9. The number of hydrogen-bond acceptors (Lipinski definition) is 3. The van der Waals surface area contributed by atoms with Crippen LogP contribution in [0.3, 0.4) is 0 Å². The fourth-order valence-electron chi connectivity index (χ4n) is 2.20. The Balaban J connectivity index is 1.78. The van der Waals surface area contributed by atoms with Crippen LogP contribution < -0.4 is 10.1 Å². The van der Waals surface area contributed by atoms with Gasteiger partial charge in [0, 0.05) is 19.5 Å². The zero-order valence-electron chi connectivity index (χ0n) is 14.6. The normalized spacial score (nSPS) is 11.4. The van der Waals surface area contributed by atoms with Gasteiger partial charge < -0.3 is 10.1 Å². The van der Waals surface area contributed by atoms with Crippen LogP contribution in [-0.4, -0.2) is 22.3 Å². The van der Waals surface area contributed by atoms with Crippen molar-refractivity contribution in [2.45, 2.75) is 39.0 Å². The van der Waals surface area contributed by atoms with Gasteiger partial charge in [0.2, 0.25) is 5.91 Å². The highest BCUT2D eigenvalue weighted by Crippen LogP contribution is 2.31. The van der Waals surface area contributed by atoms with E-state index >= 15 is 0 Å². The number of nitrogens with zero attached hydrogens (tertiary/aromatic N) is 2. The predicted octanol–water partition coefficient (Wildman–Crippen LogP) is 4.28. The van der Waals surface area contributed by atoms with E-state index in [0.29, 0.717) is 25.3 Å². The first-order chi connectivity index (χ1) is 11.3. The Morgan fingerprint density at radius 3 is 2.67 bits per heavy atom. The molecule has 5 nitrogen and oxygen atoms in total. The maximum absolute atomic E-state index is 11.9. The molecule has 0 aliphatic rings. The zero-order chi connectivity index (χ0) is 17.7. The van der Waals surface area contributed by atoms with Crippen LogP contribution in [0.15, 0.2) is 34.9 Å². The molecule has 1 heterocycles. The molecule has 0 bridgehead atoms. The summed E-state index contributed by atoms with van der Waals surface area (Å²) in [6.07, 6.45) is 2.71. The number of halogens is 1. The van der Waals surface area contributed by atoms with E-state index in [4.69, 9.17) is 4.74 Å². The average Bonchev–Trinajstić information content (AvgIpc) is 2.89. The number of aromatic nitrogens is 2. The van der Waals surface area contributed by atoms with Gasteiger partial charge in [0.1, 0.15) is 11.6 Å². The highest BCUT2D eigenvalue weighted by molar-refractivity contribution is 9.10. The summed E-state index contributed by atoms with van der Waals surface area (Å²) in [5.74, 6) is 1.46. The van der Waals surface area contributed by atoms with Crippen LogP contribution in [0, 0.1) is 0 Å². The van der Waals surface area contributed by atoms with Crippen molar-refractivity contribution < 1.29 is 9.53 Å². The molecular weight excluding hydrogens is 370 g/mol. The summed E-state index contributed by atoms with van der Waals surface area (Å²) in [7, 11) is 1.79. The second-order valence-electron chi connectivity index (χ2n) is 6.74. The van der Waals surface area contributed by atoms with Gasteiger partial charge in [0.25, 0.3) is 0 Å². The lowest BCUT2D eigenvalue weighted by Crippen LogP contribution is -2.15. The van der Waals surface area contributed by atoms with Crippen molar-refractivity contribution >= 4 is 27.7 Å². The van der Waals surface area contributed by atoms with E-state index in [-0.39, 0.29) is 11.3 Å². The van der Waals surface area contributed by atoms with E-state index in [1.807, 2.05) is 6.07 Å². The van der Waals surface area contributed by atoms with Crippen LogP contribution in [0.25, 0.3) is 0 Å². The van der Waals surface area contributed by atoms with Gasteiger partial charge in [0.15, 0.2) is 0 Å². The average molecular weight is 394 g/mol. The lowest BCUT2D eigenvalue weighted by Gasteiger charge is -2.20. The molecule has 6 heteroatoms. The topological polar surface area (TPSA) is 56.2 Å². The molecule has 130 valence electrons. The standard InChI is InChI=1S/C18H24BrN3O2/c1-18(2,3)13-7-8-15(14(19)12-13)24-11-5-6-17(23)21-16-9-10-20-22(16)4/h7-10,12H,5-6,11H2,1-4H3,(H,21,23). The van der Waals surface area contributed by atoms with Crippen LogP contribution in [0.5, 0.6) is 5.75 Å². The number of anilines is 1. The van der Waals surface area contributed by atoms with Gasteiger partial charge in [-0.2, -0.15) is 5.10 Å². The van der Waals surface area contributed by atoms with Crippen LogP contribution in [0.2, 0.25) is 0 Å². The minimum atomic E-state index is -0.0376. The summed E-state index contributed by atoms with van der Waals surface area (Å²) >= 11 is 3.55. The number of aryl methyl sites for hydroxylation is 1. The van der Waals surface area contributed by atoms with E-state index in [2.05, 4.69) is 59.2 Å². The van der Waals surface area contributed by atoms with Crippen molar-refractivity contribution in [3.63, 3.8) is 0 Å². The molecular formula is C18H24BrN3O2. The van der Waals surface area contributed by atoms with Crippen molar-refractivity contribution in [1.29, 1.82) is 0 Å². The molecule has 0 fully saturated rings. The van der Waals surface area contributed by atoms with Crippen molar-refractivity contribution in [2.24, 2.45) is 7.05 Å². The van der Waals surface area contributed by atoms with Gasteiger partial charge >= 0.3 is 0 Å². The Morgan fingerprint density at radius 2 is 2.08 bits per heavy atom. The minimum absolute atomic E-state index is 0.0376. The molecule has 0 spiro atoms. The summed E-state index contributed by atoms with van der Waals surface area (Å²) in [6.45, 7) is 7.02. The maximum Gasteiger partial charge on any atom is 0.225 e. The Hall–Kier alpha value is -1.82. The Labute approximate surface area is 151 Å². The number of amides is 1. The SMILES string of the molecule is Cn1nccc1NC(=O)CCCOc1ccc(C(C)(C)C)cc1Br. The lowest BCUT2D eigenvalue weighted by atomic mass is 9.87. The van der Waals surface area contributed by atoms with E-state index < -0.39 is 0 Å². The number of ether oxygens (including phenoxy) is 1. The van der Waals surface area contributed by atoms with Crippen molar-refractivity contribution in [2.75, 3.05) is 11.9 Å². The third-order valence-corrected chi connectivity index (χ3v) is 4.31. The number of nitrogens with one attached hydrogen (secondary N) is 1. The number of carbonyl (C=O) groups excluding carboxylic acids is 1. The zero-order valence-corrected chi connectivity index (χ0v) is 16.2. The lowest BCUT2D eigenvalue weighted by molar-refractivity contribution is -0.116. The number of benzene rings is 1. The quantitative estimate of drug-likeness (QED) is 0.745. The fraction of sp³-hybridized carbons (Fsp3) is 0.444. The Bertz CT molecular complexity index is 705. The van der Waals surface area contributed by atoms with E-state index in [9.17, 15) is 4.79 Å². The highest BCUT2D eigenvalue weighted by atomic mass is 79.9. The number of rotatable bonds is 6. The van der Waals surface area contributed by atoms with Crippen LogP contribution in [0.1, 0.15) is 39.2 Å². The van der Waals surface area contributed by atoms with Crippen LogP contribution in [-0.2, 0) is 17.3 Å². The van der Waals surface area contributed by atoms with Gasteiger partial charge in [-0.3, -0.25) is 9.48 Å². The second kappa shape index (κ2) is 7.83. The van der Waals surface area contributed by atoms with Crippen LogP contribution in [0.4, 0.5) is 5.82 Å². The monoisotopic (exact) mass is 393 g/mol. The molecule has 24 heavy (non-hydrogen) atoms. The first-order valence-corrected chi connectivity index (χ1v) is 8.77. The van der Waals surface area contributed by atoms with Crippen molar-refractivity contribution in [3.8, 4) is 5.75 Å². The maximum atomic E-state index is 11.9. The second-order valence-corrected chi connectivity index (χ2v) is 7.59. The molecule has 1 amide bonds. The number of hydrogen-bond donors (Lipinski definition) is 1. The first kappa shape index (κ1) is 18.5. The van der Waals surface area contributed by atoms with Gasteiger partial charge in [0.05, 0.1) is 17.3 Å². The molecule has 0 aliphatic carbocycles. The third kappa shape index (κ3) is 5.09. The molecule has 2 rings (SSSR count). The first-order valence-electron chi connectivity index (χ1n) is 7.98. The molecule has 0 unspecified atom stereocenters. The molecule has 0 saturated carbocycles. The molecule has 0 saturated heterocycles. The third-order valence-electron chi connectivity index (χ3n) is 3.69. The Morgan fingerprint density at radius 1 is 1.33 bits per heavy atom. The van der Waals surface area contributed by atoms with Gasteiger partial charge in [-0.25, -0.2) is 0 Å².